The SMILES string of the molecule is COc1cccc(CN(CCCO)C(=O)Nc2ccc(-c3cn[nH]c3)cc2OC2CCC(O)C2)c1. The molecule has 2 atom stereocenters. The highest BCUT2D eigenvalue weighted by Crippen LogP contribution is 2.34. The van der Waals surface area contributed by atoms with Gasteiger partial charge in [-0.3, -0.25) is 5.10 Å². The van der Waals surface area contributed by atoms with Crippen molar-refractivity contribution in [2.24, 2.45) is 0 Å². The van der Waals surface area contributed by atoms with Gasteiger partial charge in [-0.25, -0.2) is 4.79 Å². The van der Waals surface area contributed by atoms with Gasteiger partial charge in [-0.1, -0.05) is 18.2 Å². The van der Waals surface area contributed by atoms with Gasteiger partial charge in [0.05, 0.1) is 25.1 Å². The predicted molar refractivity (Wildman–Crippen MR) is 132 cm³/mol. The summed E-state index contributed by atoms with van der Waals surface area (Å²) in [6.45, 7) is 0.735. The zero-order chi connectivity index (χ0) is 24.6. The minimum Gasteiger partial charge on any atom is -0.497 e. The third-order valence-corrected chi connectivity index (χ3v) is 6.09. The van der Waals surface area contributed by atoms with Gasteiger partial charge >= 0.3 is 6.03 Å². The lowest BCUT2D eigenvalue weighted by Gasteiger charge is -2.25. The first kappa shape index (κ1) is 24.6. The highest BCUT2D eigenvalue weighted by Gasteiger charge is 2.26. The van der Waals surface area contributed by atoms with Crippen LogP contribution in [0.4, 0.5) is 10.5 Å². The van der Waals surface area contributed by atoms with Crippen molar-refractivity contribution in [3.8, 4) is 22.6 Å². The molecule has 9 heteroatoms. The summed E-state index contributed by atoms with van der Waals surface area (Å²) in [5, 5.41) is 29.1. The van der Waals surface area contributed by atoms with Crippen molar-refractivity contribution < 1.29 is 24.5 Å². The number of hydrogen-bond donors (Lipinski definition) is 4. The number of carbonyl (C=O) groups excluding carboxylic acids is 1. The van der Waals surface area contributed by atoms with Gasteiger partial charge in [0.1, 0.15) is 17.6 Å². The number of aromatic amines is 1. The number of aliphatic hydroxyl groups excluding tert-OH is 2. The average Bonchev–Trinajstić information content (AvgIpc) is 3.55. The molecule has 1 aliphatic rings. The van der Waals surface area contributed by atoms with Crippen molar-refractivity contribution in [1.29, 1.82) is 0 Å². The molecule has 0 radical (unpaired) electrons. The van der Waals surface area contributed by atoms with Crippen molar-refractivity contribution >= 4 is 11.7 Å². The molecular weight excluding hydrogens is 448 g/mol. The number of H-pyrrole nitrogens is 1. The topological polar surface area (TPSA) is 120 Å². The summed E-state index contributed by atoms with van der Waals surface area (Å²) < 4.78 is 11.5. The van der Waals surface area contributed by atoms with E-state index in [4.69, 9.17) is 9.47 Å². The number of anilines is 1. The number of ether oxygens (including phenoxy) is 2. The van der Waals surface area contributed by atoms with E-state index in [0.717, 1.165) is 23.1 Å². The van der Waals surface area contributed by atoms with Gasteiger partial charge in [0.2, 0.25) is 0 Å². The number of rotatable bonds is 10. The van der Waals surface area contributed by atoms with Crippen molar-refractivity contribution in [3.63, 3.8) is 0 Å². The van der Waals surface area contributed by atoms with E-state index in [1.54, 1.807) is 24.4 Å². The first-order valence-corrected chi connectivity index (χ1v) is 11.8. The number of aromatic nitrogens is 2. The average molecular weight is 481 g/mol. The number of amides is 2. The fourth-order valence-electron chi connectivity index (χ4n) is 4.21. The van der Waals surface area contributed by atoms with E-state index in [0.29, 0.717) is 49.5 Å². The van der Waals surface area contributed by atoms with Crippen LogP contribution in [-0.2, 0) is 6.54 Å². The van der Waals surface area contributed by atoms with E-state index in [1.165, 1.54) is 0 Å². The number of nitrogens with one attached hydrogen (secondary N) is 2. The first-order valence-electron chi connectivity index (χ1n) is 11.8. The van der Waals surface area contributed by atoms with E-state index < -0.39 is 0 Å². The molecule has 35 heavy (non-hydrogen) atoms. The number of aliphatic hydroxyl groups is 2. The molecule has 1 aliphatic carbocycles. The van der Waals surface area contributed by atoms with Gasteiger partial charge in [-0.15, -0.1) is 0 Å². The molecular formula is C26H32N4O5. The van der Waals surface area contributed by atoms with Crippen molar-refractivity contribution in [2.75, 3.05) is 25.6 Å². The maximum absolute atomic E-state index is 13.3. The van der Waals surface area contributed by atoms with E-state index >= 15 is 0 Å². The Kier molecular flexibility index (Phi) is 8.23. The lowest BCUT2D eigenvalue weighted by atomic mass is 10.1. The normalized spacial score (nSPS) is 17.2. The quantitative estimate of drug-likeness (QED) is 0.350. The molecule has 1 heterocycles. The third kappa shape index (κ3) is 6.52. The van der Waals surface area contributed by atoms with Crippen LogP contribution in [0, 0.1) is 0 Å². The molecule has 1 aromatic heterocycles. The highest BCUT2D eigenvalue weighted by molar-refractivity contribution is 5.91. The molecule has 0 aliphatic heterocycles. The van der Waals surface area contributed by atoms with Crippen LogP contribution < -0.4 is 14.8 Å². The van der Waals surface area contributed by atoms with Crippen molar-refractivity contribution in [1.82, 2.24) is 15.1 Å². The van der Waals surface area contributed by atoms with Crippen LogP contribution in [0.15, 0.2) is 54.9 Å². The number of nitrogens with zero attached hydrogens (tertiary/aromatic N) is 2. The Labute approximate surface area is 204 Å². The molecule has 3 aromatic rings. The Morgan fingerprint density at radius 3 is 2.83 bits per heavy atom. The van der Waals surface area contributed by atoms with Crippen LogP contribution in [-0.4, -0.2) is 63.8 Å². The second-order valence-corrected chi connectivity index (χ2v) is 8.69. The van der Waals surface area contributed by atoms with Gasteiger partial charge in [0, 0.05) is 37.9 Å². The number of benzene rings is 2. The van der Waals surface area contributed by atoms with Crippen molar-refractivity contribution in [3.05, 3.63) is 60.4 Å². The largest absolute Gasteiger partial charge is 0.497 e. The van der Waals surface area contributed by atoms with Crippen LogP contribution in [0.5, 0.6) is 11.5 Å². The Morgan fingerprint density at radius 2 is 2.11 bits per heavy atom. The number of carbonyl (C=O) groups is 1. The highest BCUT2D eigenvalue weighted by atomic mass is 16.5. The molecule has 2 unspecified atom stereocenters. The number of hydrogen-bond acceptors (Lipinski definition) is 6. The Morgan fingerprint density at radius 1 is 1.23 bits per heavy atom. The van der Waals surface area contributed by atoms with Gasteiger partial charge in [0.25, 0.3) is 0 Å². The summed E-state index contributed by atoms with van der Waals surface area (Å²) in [4.78, 5) is 15.0. The van der Waals surface area contributed by atoms with E-state index in [2.05, 4.69) is 15.5 Å². The second-order valence-electron chi connectivity index (χ2n) is 8.69. The monoisotopic (exact) mass is 480 g/mol. The molecule has 0 bridgehead atoms. The van der Waals surface area contributed by atoms with E-state index in [9.17, 15) is 15.0 Å². The van der Waals surface area contributed by atoms with Crippen molar-refractivity contribution in [2.45, 2.75) is 44.4 Å². The molecule has 186 valence electrons. The van der Waals surface area contributed by atoms with Gasteiger partial charge in [-0.2, -0.15) is 5.10 Å². The molecule has 4 N–H and O–H groups in total. The maximum atomic E-state index is 13.3. The molecule has 2 aromatic carbocycles. The van der Waals surface area contributed by atoms with E-state index in [-0.39, 0.29) is 24.8 Å². The molecule has 2 amide bonds. The standard InChI is InChI=1S/C26H32N4O5/c1-34-22-5-2-4-18(12-22)17-30(10-3-11-31)26(33)29-24-9-6-19(20-15-27-28-16-20)13-25(24)35-23-8-7-21(32)14-23/h2,4-6,9,12-13,15-16,21,23,31-32H,3,7-8,10-11,14,17H2,1H3,(H,27,28)(H,29,33). The minimum absolute atomic E-state index is 0.0142. The summed E-state index contributed by atoms with van der Waals surface area (Å²) in [6.07, 6.45) is 5.49. The molecule has 9 nitrogen and oxygen atoms in total. The second kappa shape index (κ2) is 11.7. The maximum Gasteiger partial charge on any atom is 0.322 e. The fraction of sp³-hybridized carbons (Fsp3) is 0.385. The lowest BCUT2D eigenvalue weighted by molar-refractivity contribution is 0.150. The van der Waals surface area contributed by atoms with Gasteiger partial charge < -0.3 is 29.9 Å². The van der Waals surface area contributed by atoms with E-state index in [1.807, 2.05) is 42.5 Å². The summed E-state index contributed by atoms with van der Waals surface area (Å²) in [7, 11) is 1.60. The Hall–Kier alpha value is -3.56. The Bertz CT molecular complexity index is 1100. The number of urea groups is 1. The smallest absolute Gasteiger partial charge is 0.322 e. The van der Waals surface area contributed by atoms with Crippen LogP contribution in [0.25, 0.3) is 11.1 Å². The van der Waals surface area contributed by atoms with Crippen LogP contribution in [0.3, 0.4) is 0 Å². The number of methoxy groups -OCH3 is 1. The lowest BCUT2D eigenvalue weighted by Crippen LogP contribution is -2.35. The summed E-state index contributed by atoms with van der Waals surface area (Å²) in [6, 6.07) is 12.9. The third-order valence-electron chi connectivity index (χ3n) is 6.09. The summed E-state index contributed by atoms with van der Waals surface area (Å²) >= 11 is 0. The molecule has 0 saturated heterocycles. The summed E-state index contributed by atoms with van der Waals surface area (Å²) in [5.41, 5.74) is 3.27. The molecule has 4 rings (SSSR count). The van der Waals surface area contributed by atoms with Crippen LogP contribution in [0.1, 0.15) is 31.2 Å². The fourth-order valence-corrected chi connectivity index (χ4v) is 4.21. The molecule has 1 saturated carbocycles. The minimum atomic E-state index is -0.369. The van der Waals surface area contributed by atoms with Gasteiger partial charge in [0.15, 0.2) is 0 Å². The van der Waals surface area contributed by atoms with Gasteiger partial charge in [-0.05, 0) is 54.7 Å². The summed E-state index contributed by atoms with van der Waals surface area (Å²) in [5.74, 6) is 1.26. The predicted octanol–water partition coefficient (Wildman–Crippen LogP) is 3.79. The Balaban J connectivity index is 1.55. The first-order chi connectivity index (χ1) is 17.1. The zero-order valence-electron chi connectivity index (χ0n) is 19.8. The van der Waals surface area contributed by atoms with Crippen LogP contribution in [0.2, 0.25) is 0 Å². The van der Waals surface area contributed by atoms with Crippen LogP contribution >= 0.6 is 0 Å². The molecule has 0 spiro atoms. The zero-order valence-corrected chi connectivity index (χ0v) is 19.8. The molecule has 1 fully saturated rings.